The van der Waals surface area contributed by atoms with Crippen LogP contribution in [0.15, 0.2) is 47.5 Å². The number of benzene rings is 1. The van der Waals surface area contributed by atoms with Crippen LogP contribution >= 0.6 is 0 Å². The first kappa shape index (κ1) is 17.4. The molecule has 0 bridgehead atoms. The molecule has 1 aromatic carbocycles. The molecule has 1 N–H and O–H groups in total. The lowest BCUT2D eigenvalue weighted by Gasteiger charge is -2.17. The summed E-state index contributed by atoms with van der Waals surface area (Å²) in [5.41, 5.74) is 2.28. The monoisotopic (exact) mass is 340 g/mol. The van der Waals surface area contributed by atoms with Crippen molar-refractivity contribution in [2.24, 2.45) is 5.92 Å². The molecule has 3 rings (SSSR count). The first-order chi connectivity index (χ1) is 12.1. The summed E-state index contributed by atoms with van der Waals surface area (Å²) in [6, 6.07) is 10.1. The first-order valence-corrected chi connectivity index (χ1v) is 8.67. The number of nitrogens with zero attached hydrogens (tertiary/aromatic N) is 3. The quantitative estimate of drug-likeness (QED) is 0.858. The van der Waals surface area contributed by atoms with Crippen molar-refractivity contribution in [3.05, 3.63) is 64.3 Å². The fourth-order valence-electron chi connectivity index (χ4n) is 3.23. The van der Waals surface area contributed by atoms with Crippen LogP contribution < -0.4 is 11.0 Å². The summed E-state index contributed by atoms with van der Waals surface area (Å²) in [7, 11) is 0. The summed E-state index contributed by atoms with van der Waals surface area (Å²) in [5, 5.41) is 2.94. The van der Waals surface area contributed by atoms with Gasteiger partial charge < -0.3 is 5.32 Å². The van der Waals surface area contributed by atoms with E-state index in [0.717, 1.165) is 26.1 Å². The van der Waals surface area contributed by atoms with Gasteiger partial charge in [0.15, 0.2) is 0 Å². The van der Waals surface area contributed by atoms with Crippen LogP contribution in [0.3, 0.4) is 0 Å². The van der Waals surface area contributed by atoms with Gasteiger partial charge in [0, 0.05) is 32.0 Å². The van der Waals surface area contributed by atoms with Gasteiger partial charge >= 0.3 is 5.69 Å². The number of aryl methyl sites for hydroxylation is 1. The molecule has 0 aliphatic carbocycles. The van der Waals surface area contributed by atoms with Gasteiger partial charge in [-0.1, -0.05) is 24.3 Å². The number of carbonyl (C=O) groups is 1. The molecule has 0 spiro atoms. The Balaban J connectivity index is 1.44. The Morgan fingerprint density at radius 1 is 1.32 bits per heavy atom. The Hall–Kier alpha value is -2.47. The van der Waals surface area contributed by atoms with Crippen LogP contribution in [0, 0.1) is 12.8 Å². The zero-order valence-corrected chi connectivity index (χ0v) is 14.5. The van der Waals surface area contributed by atoms with Crippen molar-refractivity contribution in [2.75, 3.05) is 19.6 Å². The van der Waals surface area contributed by atoms with Gasteiger partial charge in [-0.2, -0.15) is 0 Å². The summed E-state index contributed by atoms with van der Waals surface area (Å²) in [6.45, 7) is 5.81. The second kappa shape index (κ2) is 8.07. The third-order valence-electron chi connectivity index (χ3n) is 4.71. The predicted molar refractivity (Wildman–Crippen MR) is 96.1 cm³/mol. The van der Waals surface area contributed by atoms with E-state index in [1.807, 2.05) is 0 Å². The van der Waals surface area contributed by atoms with Gasteiger partial charge in [-0.3, -0.25) is 14.3 Å². The second-order valence-electron chi connectivity index (χ2n) is 6.65. The van der Waals surface area contributed by atoms with E-state index in [1.54, 1.807) is 12.3 Å². The van der Waals surface area contributed by atoms with E-state index in [1.165, 1.54) is 21.9 Å². The zero-order chi connectivity index (χ0) is 17.6. The Labute approximate surface area is 147 Å². The summed E-state index contributed by atoms with van der Waals surface area (Å²) in [4.78, 5) is 29.6. The SMILES string of the molecule is Cc1ccccc1CN1CCC(CNC(=O)Cn2cccnc2=O)C1. The smallest absolute Gasteiger partial charge is 0.347 e. The van der Waals surface area contributed by atoms with Gasteiger partial charge in [-0.25, -0.2) is 9.78 Å². The maximum Gasteiger partial charge on any atom is 0.347 e. The normalized spacial score (nSPS) is 17.6. The van der Waals surface area contributed by atoms with Gasteiger partial charge in [-0.15, -0.1) is 0 Å². The molecular weight excluding hydrogens is 316 g/mol. The van der Waals surface area contributed by atoms with Crippen LogP contribution in [0.5, 0.6) is 0 Å². The molecule has 1 fully saturated rings. The second-order valence-corrected chi connectivity index (χ2v) is 6.65. The average Bonchev–Trinajstić information content (AvgIpc) is 3.05. The Morgan fingerprint density at radius 2 is 2.16 bits per heavy atom. The number of likely N-dealkylation sites (tertiary alicyclic amines) is 1. The Kier molecular flexibility index (Phi) is 5.60. The molecule has 6 heteroatoms. The van der Waals surface area contributed by atoms with Crippen LogP contribution in [-0.4, -0.2) is 40.0 Å². The van der Waals surface area contributed by atoms with E-state index >= 15 is 0 Å². The number of hydrogen-bond acceptors (Lipinski definition) is 4. The van der Waals surface area contributed by atoms with Crippen molar-refractivity contribution in [3.8, 4) is 0 Å². The fraction of sp³-hybridized carbons (Fsp3) is 0.421. The molecule has 2 aromatic rings. The van der Waals surface area contributed by atoms with Crippen LogP contribution in [-0.2, 0) is 17.9 Å². The molecule has 1 aliphatic heterocycles. The maximum atomic E-state index is 12.0. The highest BCUT2D eigenvalue weighted by Crippen LogP contribution is 2.19. The highest BCUT2D eigenvalue weighted by atomic mass is 16.2. The molecule has 1 atom stereocenters. The van der Waals surface area contributed by atoms with Crippen molar-refractivity contribution >= 4 is 5.91 Å². The summed E-state index contributed by atoms with van der Waals surface area (Å²) < 4.78 is 1.31. The highest BCUT2D eigenvalue weighted by molar-refractivity contribution is 5.75. The van der Waals surface area contributed by atoms with E-state index in [-0.39, 0.29) is 12.5 Å². The largest absolute Gasteiger partial charge is 0.354 e. The number of hydrogen-bond donors (Lipinski definition) is 1. The molecule has 132 valence electrons. The lowest BCUT2D eigenvalue weighted by molar-refractivity contribution is -0.121. The Morgan fingerprint density at radius 3 is 2.96 bits per heavy atom. The molecule has 1 aliphatic rings. The third-order valence-corrected chi connectivity index (χ3v) is 4.71. The van der Waals surface area contributed by atoms with E-state index < -0.39 is 5.69 Å². The lowest BCUT2D eigenvalue weighted by Crippen LogP contribution is -2.36. The molecular formula is C19H24N4O2. The first-order valence-electron chi connectivity index (χ1n) is 8.67. The van der Waals surface area contributed by atoms with E-state index in [2.05, 4.69) is 46.4 Å². The molecule has 6 nitrogen and oxygen atoms in total. The molecule has 25 heavy (non-hydrogen) atoms. The number of aromatic nitrogens is 2. The standard InChI is InChI=1S/C19H24N4O2/c1-15-5-2-3-6-17(15)13-22-10-7-16(12-22)11-21-18(24)14-23-9-4-8-20-19(23)25/h2-6,8-9,16H,7,10-14H2,1H3,(H,21,24). The summed E-state index contributed by atoms with van der Waals surface area (Å²) in [5.74, 6) is 0.311. The maximum absolute atomic E-state index is 12.0. The van der Waals surface area contributed by atoms with Crippen molar-refractivity contribution in [1.82, 2.24) is 19.8 Å². The van der Waals surface area contributed by atoms with Crippen molar-refractivity contribution < 1.29 is 4.79 Å². The molecule has 1 unspecified atom stereocenters. The number of carbonyl (C=O) groups excluding carboxylic acids is 1. The van der Waals surface area contributed by atoms with Gasteiger partial charge in [0.05, 0.1) is 0 Å². The van der Waals surface area contributed by atoms with Gasteiger partial charge in [0.2, 0.25) is 5.91 Å². The fourth-order valence-corrected chi connectivity index (χ4v) is 3.23. The summed E-state index contributed by atoms with van der Waals surface area (Å²) in [6.07, 6.45) is 4.09. The minimum Gasteiger partial charge on any atom is -0.354 e. The minimum atomic E-state index is -0.400. The van der Waals surface area contributed by atoms with E-state index in [4.69, 9.17) is 0 Å². The number of amides is 1. The molecule has 0 radical (unpaired) electrons. The predicted octanol–water partition coefficient (Wildman–Crippen LogP) is 1.19. The van der Waals surface area contributed by atoms with Crippen LogP contribution in [0.25, 0.3) is 0 Å². The van der Waals surface area contributed by atoms with Crippen LogP contribution in [0.2, 0.25) is 0 Å². The molecule has 1 aromatic heterocycles. The highest BCUT2D eigenvalue weighted by Gasteiger charge is 2.23. The number of nitrogens with one attached hydrogen (secondary N) is 1. The average molecular weight is 340 g/mol. The van der Waals surface area contributed by atoms with Crippen LogP contribution in [0.4, 0.5) is 0 Å². The minimum absolute atomic E-state index is 0.0202. The molecule has 0 saturated carbocycles. The molecule has 1 saturated heterocycles. The molecule has 1 amide bonds. The lowest BCUT2D eigenvalue weighted by atomic mass is 10.1. The molecule has 2 heterocycles. The van der Waals surface area contributed by atoms with Crippen molar-refractivity contribution in [2.45, 2.75) is 26.4 Å². The van der Waals surface area contributed by atoms with Gasteiger partial charge in [-0.05, 0) is 43.0 Å². The summed E-state index contributed by atoms with van der Waals surface area (Å²) >= 11 is 0. The third kappa shape index (κ3) is 4.76. The van der Waals surface area contributed by atoms with Crippen molar-refractivity contribution in [3.63, 3.8) is 0 Å². The topological polar surface area (TPSA) is 67.2 Å². The Bertz CT molecular complexity index is 787. The zero-order valence-electron chi connectivity index (χ0n) is 14.5. The van der Waals surface area contributed by atoms with E-state index in [9.17, 15) is 9.59 Å². The number of rotatable bonds is 6. The van der Waals surface area contributed by atoms with Crippen LogP contribution in [0.1, 0.15) is 17.5 Å². The van der Waals surface area contributed by atoms with Crippen molar-refractivity contribution in [1.29, 1.82) is 0 Å². The van der Waals surface area contributed by atoms with Gasteiger partial charge in [0.25, 0.3) is 0 Å². The van der Waals surface area contributed by atoms with Gasteiger partial charge in [0.1, 0.15) is 6.54 Å². The van der Waals surface area contributed by atoms with E-state index in [0.29, 0.717) is 12.5 Å².